The molecule has 88 valence electrons. The van der Waals surface area contributed by atoms with Gasteiger partial charge in [-0.15, -0.1) is 0 Å². The molecule has 0 radical (unpaired) electrons. The first kappa shape index (κ1) is 11.9. The van der Waals surface area contributed by atoms with Gasteiger partial charge in [0, 0.05) is 6.07 Å². The Balaban J connectivity index is 3.34. The van der Waals surface area contributed by atoms with Gasteiger partial charge in [0.25, 0.3) is 5.91 Å². The Hall–Kier alpha value is -2.15. The molecule has 0 fully saturated rings. The van der Waals surface area contributed by atoms with E-state index < -0.39 is 34.8 Å². The van der Waals surface area contributed by atoms with Gasteiger partial charge in [-0.25, -0.2) is 5.48 Å². The summed E-state index contributed by atoms with van der Waals surface area (Å²) in [5, 5.41) is 45.5. The lowest BCUT2D eigenvalue weighted by atomic mass is 9.97. The quantitative estimate of drug-likeness (QED) is 0.185. The van der Waals surface area contributed by atoms with Crippen LogP contribution in [0.2, 0.25) is 0 Å². The standard InChI is InChI=1S/C9H11NO6/c1-3(9(15)10-16)6-4(11)2-5(12)7(13)8(6)14/h2-3,11-14,16H,1H3,(H,10,15). The van der Waals surface area contributed by atoms with E-state index in [2.05, 4.69) is 0 Å². The summed E-state index contributed by atoms with van der Waals surface area (Å²) in [5.41, 5.74) is 1.06. The molecule has 1 amide bonds. The zero-order valence-corrected chi connectivity index (χ0v) is 8.30. The van der Waals surface area contributed by atoms with Gasteiger partial charge in [-0.05, 0) is 6.92 Å². The normalized spacial score (nSPS) is 12.1. The van der Waals surface area contributed by atoms with Gasteiger partial charge in [-0.1, -0.05) is 0 Å². The van der Waals surface area contributed by atoms with Gasteiger partial charge in [0.1, 0.15) is 5.75 Å². The van der Waals surface area contributed by atoms with Crippen molar-refractivity contribution in [2.75, 3.05) is 0 Å². The second kappa shape index (κ2) is 4.15. The van der Waals surface area contributed by atoms with Crippen LogP contribution in [0.15, 0.2) is 6.07 Å². The Morgan fingerprint density at radius 1 is 1.19 bits per heavy atom. The highest BCUT2D eigenvalue weighted by Gasteiger charge is 2.25. The first-order valence-electron chi connectivity index (χ1n) is 4.30. The van der Waals surface area contributed by atoms with E-state index in [1.54, 1.807) is 0 Å². The summed E-state index contributed by atoms with van der Waals surface area (Å²) in [5.74, 6) is -4.91. The van der Waals surface area contributed by atoms with Crippen molar-refractivity contribution in [1.29, 1.82) is 0 Å². The number of nitrogens with one attached hydrogen (secondary N) is 1. The van der Waals surface area contributed by atoms with E-state index in [-0.39, 0.29) is 5.56 Å². The van der Waals surface area contributed by atoms with E-state index in [0.717, 1.165) is 6.07 Å². The maximum atomic E-state index is 11.1. The Labute approximate surface area is 90.2 Å². The van der Waals surface area contributed by atoms with Crippen LogP contribution in [0.1, 0.15) is 18.4 Å². The van der Waals surface area contributed by atoms with Gasteiger partial charge in [0.2, 0.25) is 5.75 Å². The van der Waals surface area contributed by atoms with E-state index in [1.807, 2.05) is 0 Å². The van der Waals surface area contributed by atoms with Gasteiger partial charge in [0.15, 0.2) is 11.5 Å². The Morgan fingerprint density at radius 2 is 1.75 bits per heavy atom. The number of aromatic hydroxyl groups is 4. The molecular weight excluding hydrogens is 218 g/mol. The van der Waals surface area contributed by atoms with Crippen LogP contribution in [0.3, 0.4) is 0 Å². The second-order valence-electron chi connectivity index (χ2n) is 3.22. The third-order valence-electron chi connectivity index (χ3n) is 2.21. The van der Waals surface area contributed by atoms with E-state index in [0.29, 0.717) is 0 Å². The van der Waals surface area contributed by atoms with Crippen LogP contribution in [0, 0.1) is 0 Å². The third-order valence-corrected chi connectivity index (χ3v) is 2.21. The van der Waals surface area contributed by atoms with Crippen LogP contribution in [-0.2, 0) is 4.79 Å². The van der Waals surface area contributed by atoms with Crippen molar-refractivity contribution in [1.82, 2.24) is 5.48 Å². The number of phenols is 4. The molecule has 0 aliphatic rings. The average molecular weight is 229 g/mol. The molecule has 0 aromatic heterocycles. The molecule has 1 aromatic carbocycles. The van der Waals surface area contributed by atoms with Crippen LogP contribution < -0.4 is 5.48 Å². The Bertz CT molecular complexity index is 430. The minimum Gasteiger partial charge on any atom is -0.507 e. The maximum Gasteiger partial charge on any atom is 0.250 e. The number of carbonyl (C=O) groups is 1. The molecule has 1 unspecified atom stereocenters. The molecule has 7 heteroatoms. The topological polar surface area (TPSA) is 130 Å². The van der Waals surface area contributed by atoms with E-state index in [9.17, 15) is 20.1 Å². The number of hydroxylamine groups is 1. The monoisotopic (exact) mass is 229 g/mol. The van der Waals surface area contributed by atoms with Gasteiger partial charge >= 0.3 is 0 Å². The van der Waals surface area contributed by atoms with Crippen LogP contribution >= 0.6 is 0 Å². The van der Waals surface area contributed by atoms with Crippen LogP contribution in [0.25, 0.3) is 0 Å². The number of hydrogen-bond acceptors (Lipinski definition) is 6. The molecule has 1 atom stereocenters. The molecule has 1 rings (SSSR count). The lowest BCUT2D eigenvalue weighted by Gasteiger charge is -2.14. The SMILES string of the molecule is CC(C(=O)NO)c1c(O)cc(O)c(O)c1O. The number of hydrogen-bond donors (Lipinski definition) is 6. The number of amides is 1. The fraction of sp³-hybridized carbons (Fsp3) is 0.222. The van der Waals surface area contributed by atoms with Crippen LogP contribution in [-0.4, -0.2) is 31.5 Å². The first-order chi connectivity index (χ1) is 7.40. The molecule has 0 saturated heterocycles. The maximum absolute atomic E-state index is 11.1. The van der Waals surface area contributed by atoms with Gasteiger partial charge in [-0.2, -0.15) is 0 Å². The van der Waals surface area contributed by atoms with E-state index in [1.165, 1.54) is 12.4 Å². The van der Waals surface area contributed by atoms with Gasteiger partial charge < -0.3 is 20.4 Å². The minimum atomic E-state index is -1.10. The van der Waals surface area contributed by atoms with Crippen LogP contribution in [0.4, 0.5) is 0 Å². The third kappa shape index (κ3) is 1.80. The number of benzene rings is 1. The van der Waals surface area contributed by atoms with Crippen molar-refractivity contribution < 1.29 is 30.4 Å². The molecule has 7 nitrogen and oxygen atoms in total. The molecule has 0 saturated carbocycles. The van der Waals surface area contributed by atoms with Crippen molar-refractivity contribution in [3.63, 3.8) is 0 Å². The van der Waals surface area contributed by atoms with E-state index in [4.69, 9.17) is 10.3 Å². The molecule has 0 bridgehead atoms. The summed E-state index contributed by atoms with van der Waals surface area (Å²) in [6.45, 7) is 1.29. The van der Waals surface area contributed by atoms with Crippen molar-refractivity contribution in [2.24, 2.45) is 0 Å². The molecule has 1 aromatic rings. The Kier molecular flexibility index (Phi) is 3.09. The second-order valence-corrected chi connectivity index (χ2v) is 3.22. The van der Waals surface area contributed by atoms with Gasteiger partial charge in [0.05, 0.1) is 11.5 Å². The van der Waals surface area contributed by atoms with Crippen molar-refractivity contribution in [3.05, 3.63) is 11.6 Å². The highest BCUT2D eigenvalue weighted by Crippen LogP contribution is 2.45. The summed E-state index contributed by atoms with van der Waals surface area (Å²) in [6.07, 6.45) is 0. The Morgan fingerprint density at radius 3 is 2.25 bits per heavy atom. The minimum absolute atomic E-state index is 0.290. The zero-order valence-electron chi connectivity index (χ0n) is 8.30. The fourth-order valence-corrected chi connectivity index (χ4v) is 1.30. The lowest BCUT2D eigenvalue weighted by Crippen LogP contribution is -2.24. The summed E-state index contributed by atoms with van der Waals surface area (Å²) < 4.78 is 0. The average Bonchev–Trinajstić information content (AvgIpc) is 2.24. The molecular formula is C9H11NO6. The van der Waals surface area contributed by atoms with E-state index >= 15 is 0 Å². The number of phenolic OH excluding ortho intramolecular Hbond substituents is 4. The van der Waals surface area contributed by atoms with Crippen molar-refractivity contribution in [2.45, 2.75) is 12.8 Å². The van der Waals surface area contributed by atoms with Crippen molar-refractivity contribution >= 4 is 5.91 Å². The predicted octanol–water partition coefficient (Wildman–Crippen LogP) is 0.118. The molecule has 0 spiro atoms. The number of carbonyl (C=O) groups excluding carboxylic acids is 1. The molecule has 6 N–H and O–H groups in total. The summed E-state index contributed by atoms with van der Waals surface area (Å²) >= 11 is 0. The lowest BCUT2D eigenvalue weighted by molar-refractivity contribution is -0.130. The summed E-state index contributed by atoms with van der Waals surface area (Å²) in [7, 11) is 0. The van der Waals surface area contributed by atoms with Gasteiger partial charge in [-0.3, -0.25) is 10.0 Å². The van der Waals surface area contributed by atoms with Crippen molar-refractivity contribution in [3.8, 4) is 23.0 Å². The number of rotatable bonds is 2. The zero-order chi connectivity index (χ0) is 12.5. The first-order valence-corrected chi connectivity index (χ1v) is 4.30. The smallest absolute Gasteiger partial charge is 0.250 e. The summed E-state index contributed by atoms with van der Waals surface area (Å²) in [6, 6.07) is 0.783. The predicted molar refractivity (Wildman–Crippen MR) is 51.4 cm³/mol. The van der Waals surface area contributed by atoms with Crippen LogP contribution in [0.5, 0.6) is 23.0 Å². The molecule has 0 aliphatic heterocycles. The highest BCUT2D eigenvalue weighted by atomic mass is 16.5. The molecule has 16 heavy (non-hydrogen) atoms. The fourth-order valence-electron chi connectivity index (χ4n) is 1.30. The highest BCUT2D eigenvalue weighted by molar-refractivity contribution is 5.84. The molecule has 0 aliphatic carbocycles. The molecule has 0 heterocycles. The summed E-state index contributed by atoms with van der Waals surface area (Å²) in [4.78, 5) is 11.1. The largest absolute Gasteiger partial charge is 0.507 e.